The van der Waals surface area contributed by atoms with Crippen LogP contribution in [0.5, 0.6) is 0 Å². The molecule has 1 heterocycles. The lowest BCUT2D eigenvalue weighted by Gasteiger charge is -2.10. The molecule has 0 aliphatic carbocycles. The van der Waals surface area contributed by atoms with Crippen LogP contribution >= 0.6 is 23.4 Å². The summed E-state index contributed by atoms with van der Waals surface area (Å²) in [5, 5.41) is 3.33. The number of hydrogen-bond acceptors (Lipinski definition) is 3. The van der Waals surface area contributed by atoms with E-state index < -0.39 is 0 Å². The van der Waals surface area contributed by atoms with E-state index in [0.29, 0.717) is 10.7 Å². The molecule has 1 amide bonds. The van der Waals surface area contributed by atoms with Crippen molar-refractivity contribution in [1.29, 1.82) is 0 Å². The fourth-order valence-electron chi connectivity index (χ4n) is 2.19. The predicted molar refractivity (Wildman–Crippen MR) is 91.7 cm³/mol. The Morgan fingerprint density at radius 2 is 1.95 bits per heavy atom. The van der Waals surface area contributed by atoms with Crippen molar-refractivity contribution in [2.45, 2.75) is 29.7 Å². The molecule has 0 radical (unpaired) electrons. The highest BCUT2D eigenvalue weighted by Gasteiger charge is 2.17. The van der Waals surface area contributed by atoms with E-state index in [-0.39, 0.29) is 11.9 Å². The molecule has 2 aromatic carbocycles. The van der Waals surface area contributed by atoms with Gasteiger partial charge >= 0.3 is 0 Å². The zero-order valence-electron chi connectivity index (χ0n) is 12.3. The third-order valence-electron chi connectivity index (χ3n) is 3.19. The van der Waals surface area contributed by atoms with Crippen LogP contribution in [0.4, 0.5) is 5.69 Å². The van der Waals surface area contributed by atoms with Crippen LogP contribution in [0.25, 0.3) is 0 Å². The van der Waals surface area contributed by atoms with Crippen molar-refractivity contribution in [2.24, 2.45) is 4.99 Å². The molecule has 0 atom stereocenters. The van der Waals surface area contributed by atoms with E-state index in [0.717, 1.165) is 21.0 Å². The molecule has 0 saturated heterocycles. The molecule has 22 heavy (non-hydrogen) atoms. The summed E-state index contributed by atoms with van der Waals surface area (Å²) >= 11 is 7.94. The third-order valence-corrected chi connectivity index (χ3v) is 4.62. The van der Waals surface area contributed by atoms with Gasteiger partial charge in [0.1, 0.15) is 5.17 Å². The topological polar surface area (TPSA) is 41.5 Å². The van der Waals surface area contributed by atoms with E-state index in [4.69, 9.17) is 11.6 Å². The number of benzene rings is 2. The van der Waals surface area contributed by atoms with Gasteiger partial charge in [0.25, 0.3) is 5.91 Å². The first-order chi connectivity index (χ1) is 10.5. The third kappa shape index (κ3) is 3.03. The molecule has 1 aliphatic heterocycles. The van der Waals surface area contributed by atoms with Crippen LogP contribution < -0.4 is 5.32 Å². The molecule has 1 aliphatic rings. The molecule has 0 unspecified atom stereocenters. The summed E-state index contributed by atoms with van der Waals surface area (Å²) < 4.78 is 0. The summed E-state index contributed by atoms with van der Waals surface area (Å²) in [6.45, 7) is 3.87. The van der Waals surface area contributed by atoms with Gasteiger partial charge in [-0.15, -0.1) is 0 Å². The highest BCUT2D eigenvalue weighted by molar-refractivity contribution is 7.99. The number of hydrogen-bond donors (Lipinski definition) is 1. The molecule has 0 bridgehead atoms. The lowest BCUT2D eigenvalue weighted by Crippen LogP contribution is -2.29. The number of fused-ring (bicyclic) bond motifs is 2. The molecular formula is C17H15ClN2OS. The zero-order valence-corrected chi connectivity index (χ0v) is 13.8. The summed E-state index contributed by atoms with van der Waals surface area (Å²) in [5.74, 6) is -0.101. The minimum atomic E-state index is -0.101. The van der Waals surface area contributed by atoms with Gasteiger partial charge in [0, 0.05) is 27.0 Å². The molecule has 0 spiro atoms. The standard InChI is InChI=1S/C17H15ClN2OS/c1-10(2)19-17(21)11-7-8-15-13(9-11)20-16(18)12-5-3-4-6-14(12)22-15/h3-10H,1-2H3,(H,19,21). The van der Waals surface area contributed by atoms with Gasteiger partial charge in [-0.2, -0.15) is 0 Å². The summed E-state index contributed by atoms with van der Waals surface area (Å²) in [7, 11) is 0. The number of carbonyl (C=O) groups excluding carboxylic acids is 1. The first-order valence-electron chi connectivity index (χ1n) is 7.01. The number of amides is 1. The van der Waals surface area contributed by atoms with Gasteiger partial charge in [-0.05, 0) is 38.1 Å². The van der Waals surface area contributed by atoms with E-state index in [1.54, 1.807) is 17.8 Å². The molecule has 3 nitrogen and oxygen atoms in total. The summed E-state index contributed by atoms with van der Waals surface area (Å²) in [4.78, 5) is 18.7. The van der Waals surface area contributed by atoms with Crippen molar-refractivity contribution in [3.05, 3.63) is 53.6 Å². The van der Waals surface area contributed by atoms with Gasteiger partial charge in [0.2, 0.25) is 0 Å². The molecule has 5 heteroatoms. The van der Waals surface area contributed by atoms with Crippen molar-refractivity contribution in [1.82, 2.24) is 5.32 Å². The monoisotopic (exact) mass is 330 g/mol. The Morgan fingerprint density at radius 3 is 2.73 bits per heavy atom. The van der Waals surface area contributed by atoms with Crippen molar-refractivity contribution in [3.63, 3.8) is 0 Å². The normalized spacial score (nSPS) is 13.0. The molecule has 1 N–H and O–H groups in total. The van der Waals surface area contributed by atoms with Gasteiger partial charge in [0.05, 0.1) is 5.69 Å². The fraction of sp³-hybridized carbons (Fsp3) is 0.176. The highest BCUT2D eigenvalue weighted by atomic mass is 35.5. The van der Waals surface area contributed by atoms with E-state index in [9.17, 15) is 4.79 Å². The van der Waals surface area contributed by atoms with Crippen LogP contribution in [0.2, 0.25) is 0 Å². The number of nitrogens with zero attached hydrogens (tertiary/aromatic N) is 1. The van der Waals surface area contributed by atoms with Gasteiger partial charge in [-0.25, -0.2) is 4.99 Å². The zero-order chi connectivity index (χ0) is 15.7. The van der Waals surface area contributed by atoms with Crippen molar-refractivity contribution in [3.8, 4) is 0 Å². The number of aliphatic imine (C=N–C) groups is 1. The Morgan fingerprint density at radius 1 is 1.18 bits per heavy atom. The number of halogens is 1. The van der Waals surface area contributed by atoms with Crippen LogP contribution in [0, 0.1) is 0 Å². The second kappa shape index (κ2) is 6.15. The first-order valence-corrected chi connectivity index (χ1v) is 8.20. The van der Waals surface area contributed by atoms with Crippen molar-refractivity contribution >= 4 is 40.1 Å². The molecule has 0 fully saturated rings. The molecule has 112 valence electrons. The Hall–Kier alpha value is -1.78. The van der Waals surface area contributed by atoms with Crippen LogP contribution in [0.3, 0.4) is 0 Å². The lowest BCUT2D eigenvalue weighted by atomic mass is 10.1. The number of rotatable bonds is 2. The van der Waals surface area contributed by atoms with Crippen molar-refractivity contribution in [2.75, 3.05) is 0 Å². The SMILES string of the molecule is CC(C)NC(=O)c1ccc2c(c1)N=C(Cl)c1ccccc1S2. The van der Waals surface area contributed by atoms with Gasteiger partial charge in [-0.1, -0.05) is 41.6 Å². The number of nitrogens with one attached hydrogen (secondary N) is 1. The van der Waals surface area contributed by atoms with Gasteiger partial charge in [-0.3, -0.25) is 4.79 Å². The summed E-state index contributed by atoms with van der Waals surface area (Å²) in [5.41, 5.74) is 2.23. The Kier molecular flexibility index (Phi) is 4.23. The van der Waals surface area contributed by atoms with Gasteiger partial charge in [0.15, 0.2) is 0 Å². The maximum atomic E-state index is 12.1. The van der Waals surface area contributed by atoms with Crippen LogP contribution in [-0.4, -0.2) is 17.1 Å². The Labute approximate surface area is 138 Å². The summed E-state index contributed by atoms with van der Waals surface area (Å²) in [6.07, 6.45) is 0. The van der Waals surface area contributed by atoms with Crippen LogP contribution in [0.1, 0.15) is 29.8 Å². The average molecular weight is 331 g/mol. The minimum absolute atomic E-state index is 0.0945. The minimum Gasteiger partial charge on any atom is -0.350 e. The molecular weight excluding hydrogens is 316 g/mol. The maximum absolute atomic E-state index is 12.1. The van der Waals surface area contributed by atoms with E-state index in [1.165, 1.54) is 0 Å². The molecule has 3 rings (SSSR count). The molecule has 0 aromatic heterocycles. The van der Waals surface area contributed by atoms with E-state index in [1.807, 2.05) is 50.2 Å². The Bertz CT molecular complexity index is 771. The quantitative estimate of drug-likeness (QED) is 0.873. The van der Waals surface area contributed by atoms with Crippen molar-refractivity contribution < 1.29 is 4.79 Å². The molecule has 2 aromatic rings. The number of carbonyl (C=O) groups is 1. The lowest BCUT2D eigenvalue weighted by molar-refractivity contribution is 0.0943. The molecule has 0 saturated carbocycles. The highest BCUT2D eigenvalue weighted by Crippen LogP contribution is 2.41. The maximum Gasteiger partial charge on any atom is 0.251 e. The van der Waals surface area contributed by atoms with Crippen LogP contribution in [0.15, 0.2) is 57.2 Å². The van der Waals surface area contributed by atoms with E-state index in [2.05, 4.69) is 10.3 Å². The second-order valence-electron chi connectivity index (χ2n) is 5.31. The predicted octanol–water partition coefficient (Wildman–Crippen LogP) is 4.61. The largest absolute Gasteiger partial charge is 0.350 e. The van der Waals surface area contributed by atoms with Crippen LogP contribution in [-0.2, 0) is 0 Å². The smallest absolute Gasteiger partial charge is 0.251 e. The Balaban J connectivity index is 2.02. The second-order valence-corrected chi connectivity index (χ2v) is 6.75. The summed E-state index contributed by atoms with van der Waals surface area (Å²) in [6, 6.07) is 13.5. The first kappa shape index (κ1) is 15.1. The van der Waals surface area contributed by atoms with Gasteiger partial charge < -0.3 is 5.32 Å². The average Bonchev–Trinajstić information content (AvgIpc) is 2.62. The fourth-order valence-corrected chi connectivity index (χ4v) is 3.50. The van der Waals surface area contributed by atoms with E-state index >= 15 is 0 Å².